The number of hydrogen-bond donors (Lipinski definition) is 3. The molecule has 0 bridgehead atoms. The van der Waals surface area contributed by atoms with Crippen LogP contribution in [0.2, 0.25) is 0 Å². The predicted molar refractivity (Wildman–Crippen MR) is 216 cm³/mol. The van der Waals surface area contributed by atoms with Crippen LogP contribution < -0.4 is 21.3 Å². The fourth-order valence-electron chi connectivity index (χ4n) is 10.9. The minimum absolute atomic E-state index is 0.0724. The van der Waals surface area contributed by atoms with Gasteiger partial charge in [0.15, 0.2) is 17.1 Å². The largest absolute Gasteiger partial charge is 0.364 e. The molecule has 5 fully saturated rings. The molecule has 6 aliphatic rings. The van der Waals surface area contributed by atoms with E-state index in [1.807, 2.05) is 18.0 Å². The fourth-order valence-corrected chi connectivity index (χ4v) is 10.9. The first-order valence-electron chi connectivity index (χ1n) is 20.9. The Morgan fingerprint density at radius 3 is 2.53 bits per heavy atom. The van der Waals surface area contributed by atoms with Crippen molar-refractivity contribution in [2.75, 3.05) is 63.1 Å². The maximum atomic E-state index is 12.7. The molecule has 10 rings (SSSR count). The number of aromatic nitrogens is 3. The van der Waals surface area contributed by atoms with Gasteiger partial charge in [0, 0.05) is 75.9 Å². The summed E-state index contributed by atoms with van der Waals surface area (Å²) < 4.78 is 5.89. The number of benzene rings is 2. The van der Waals surface area contributed by atoms with Crippen molar-refractivity contribution < 1.29 is 23.7 Å². The van der Waals surface area contributed by atoms with E-state index in [1.54, 1.807) is 11.1 Å². The third kappa shape index (κ3) is 6.72. The minimum atomic E-state index is -0.642. The smallest absolute Gasteiger partial charge is 0.320 e. The second-order valence-electron chi connectivity index (χ2n) is 17.5. The number of imide groups is 1. The first-order chi connectivity index (χ1) is 28.1. The number of piperidine rings is 2. The molecule has 58 heavy (non-hydrogen) atoms. The Bertz CT molecular complexity index is 2280. The minimum Gasteiger partial charge on any atom is -0.364 e. The number of nitrogens with one attached hydrogen (secondary N) is 2. The molecule has 0 spiro atoms. The molecule has 15 nitrogen and oxygen atoms in total. The first kappa shape index (κ1) is 36.7. The van der Waals surface area contributed by atoms with Crippen molar-refractivity contribution in [3.63, 3.8) is 0 Å². The van der Waals surface area contributed by atoms with E-state index in [0.29, 0.717) is 60.4 Å². The summed E-state index contributed by atoms with van der Waals surface area (Å²) >= 11 is 0. The van der Waals surface area contributed by atoms with Gasteiger partial charge in [-0.25, -0.2) is 14.8 Å². The van der Waals surface area contributed by atoms with Gasteiger partial charge in [-0.2, -0.15) is 0 Å². The van der Waals surface area contributed by atoms with Crippen LogP contribution in [0.25, 0.3) is 11.0 Å². The Hall–Kier alpha value is -5.57. The molecule has 302 valence electrons. The molecular formula is C43H50N10O5. The quantitative estimate of drug-likeness (QED) is 0.207. The molecule has 5 amide bonds. The third-order valence-electron chi connectivity index (χ3n) is 13.8. The summed E-state index contributed by atoms with van der Waals surface area (Å²) in [7, 11) is 1.84. The van der Waals surface area contributed by atoms with Crippen LogP contribution in [0.4, 0.5) is 22.1 Å². The number of rotatable bonds is 9. The van der Waals surface area contributed by atoms with Gasteiger partial charge in [0.25, 0.3) is 5.91 Å². The molecule has 4 N–H and O–H groups in total. The highest BCUT2D eigenvalue weighted by molar-refractivity contribution is 6.02. The molecule has 2 aromatic heterocycles. The summed E-state index contributed by atoms with van der Waals surface area (Å²) in [6.45, 7) is 6.24. The topological polar surface area (TPSA) is 183 Å². The number of carbonyl (C=O) groups is 4. The molecule has 4 aromatic rings. The van der Waals surface area contributed by atoms with Crippen molar-refractivity contribution in [1.29, 1.82) is 0 Å². The van der Waals surface area contributed by atoms with Gasteiger partial charge in [-0.05, 0) is 97.9 Å². The molecular weight excluding hydrogens is 737 g/mol. The molecule has 15 heteroatoms. The number of nitrogens with two attached hydrogens (primary N) is 1. The zero-order valence-corrected chi connectivity index (χ0v) is 32.9. The normalized spacial score (nSPS) is 27.4. The van der Waals surface area contributed by atoms with E-state index in [4.69, 9.17) is 15.2 Å². The van der Waals surface area contributed by atoms with Crippen LogP contribution in [0.3, 0.4) is 0 Å². The molecule has 6 heterocycles. The summed E-state index contributed by atoms with van der Waals surface area (Å²) in [6.07, 6.45) is 8.58. The summed E-state index contributed by atoms with van der Waals surface area (Å²) in [5.41, 5.74) is 12.0. The number of fused-ring (bicyclic) bond motifs is 4. The highest BCUT2D eigenvalue weighted by atomic mass is 16.5. The zero-order chi connectivity index (χ0) is 39.7. The van der Waals surface area contributed by atoms with Gasteiger partial charge in [0.1, 0.15) is 11.5 Å². The highest BCUT2D eigenvalue weighted by Crippen LogP contribution is 2.47. The van der Waals surface area contributed by atoms with Crippen LogP contribution in [0.5, 0.6) is 0 Å². The van der Waals surface area contributed by atoms with Gasteiger partial charge < -0.3 is 35.2 Å². The Kier molecular flexibility index (Phi) is 9.29. The van der Waals surface area contributed by atoms with Gasteiger partial charge in [0.05, 0.1) is 18.2 Å². The van der Waals surface area contributed by atoms with Crippen molar-refractivity contribution in [3.05, 3.63) is 70.7 Å². The number of hydrogen-bond acceptors (Lipinski definition) is 11. The Labute approximate surface area is 336 Å². The maximum absolute atomic E-state index is 12.7. The standard InChI is InChI=1S/C43H50N10O5/c1-50-13-14-53(43(50)57)31-3-2-12-52(23-31)35-19-45-38(40(44)55)41(47-35)46-30-7-4-25(5-8-30)27-17-28-21-51(22-29(28)18-27)20-24-15-26-6-9-32-37(49-58-39(32)34(26)16-24)33-10-11-36(54)48-42(33)56/h4-9,19,24,27-29,31,33H,2-3,10-18,20-23H2,1H3,(H2,44,55)(H,46,47)(H,48,54,56)/t24-,27?,28-,29?,31-,33?/m1/s1. The molecule has 4 saturated heterocycles. The maximum Gasteiger partial charge on any atom is 0.320 e. The van der Waals surface area contributed by atoms with Crippen LogP contribution in [0.1, 0.15) is 83.2 Å². The molecule has 6 atom stereocenters. The van der Waals surface area contributed by atoms with Crippen molar-refractivity contribution in [1.82, 2.24) is 35.1 Å². The highest BCUT2D eigenvalue weighted by Gasteiger charge is 2.42. The van der Waals surface area contributed by atoms with E-state index >= 15 is 0 Å². The Balaban J connectivity index is 0.745. The summed E-state index contributed by atoms with van der Waals surface area (Å²) in [4.78, 5) is 67.2. The summed E-state index contributed by atoms with van der Waals surface area (Å²) in [5.74, 6) is 1.76. The van der Waals surface area contributed by atoms with Crippen LogP contribution in [0.15, 0.2) is 47.1 Å². The van der Waals surface area contributed by atoms with Crippen LogP contribution in [-0.4, -0.2) is 112 Å². The third-order valence-corrected chi connectivity index (χ3v) is 13.8. The summed E-state index contributed by atoms with van der Waals surface area (Å²) in [5, 5.41) is 11.0. The van der Waals surface area contributed by atoms with Gasteiger partial charge in [-0.15, -0.1) is 0 Å². The average Bonchev–Trinajstić information content (AvgIpc) is 4.05. The lowest BCUT2D eigenvalue weighted by molar-refractivity contribution is -0.134. The molecule has 0 radical (unpaired) electrons. The van der Waals surface area contributed by atoms with Gasteiger partial charge in [-0.3, -0.25) is 19.7 Å². The number of likely N-dealkylation sites (tertiary alicyclic amines) is 1. The molecule has 4 aliphatic heterocycles. The Morgan fingerprint density at radius 1 is 0.983 bits per heavy atom. The van der Waals surface area contributed by atoms with E-state index in [2.05, 4.69) is 60.9 Å². The number of primary amides is 1. The van der Waals surface area contributed by atoms with Crippen molar-refractivity contribution in [3.8, 4) is 0 Å². The van der Waals surface area contributed by atoms with Crippen LogP contribution >= 0.6 is 0 Å². The van der Waals surface area contributed by atoms with Gasteiger partial charge in [0.2, 0.25) is 11.8 Å². The van der Waals surface area contributed by atoms with Gasteiger partial charge >= 0.3 is 6.03 Å². The lowest BCUT2D eigenvalue weighted by Crippen LogP contribution is -2.49. The van der Waals surface area contributed by atoms with Crippen molar-refractivity contribution >= 4 is 52.0 Å². The number of nitrogens with zero attached hydrogens (tertiary/aromatic N) is 7. The number of anilines is 3. The second kappa shape index (κ2) is 14.7. The molecule has 1 saturated carbocycles. The van der Waals surface area contributed by atoms with Crippen LogP contribution in [0, 0.1) is 17.8 Å². The predicted octanol–water partition coefficient (Wildman–Crippen LogP) is 4.16. The fraction of sp³-hybridized carbons (Fsp3) is 0.512. The first-order valence-corrected chi connectivity index (χ1v) is 20.9. The Morgan fingerprint density at radius 2 is 1.79 bits per heavy atom. The molecule has 3 unspecified atom stereocenters. The SMILES string of the molecule is CN1CCN([C@@H]2CCCN(c3cnc(C(N)=O)c(Nc4ccc(C5CC6CN(C[C@@H]7Cc8ccc9c(C%10CCC(=O)NC%10=O)noc9c8C7)C[C@H]6C5)cc4)n3)C2)C1=O. The van der Waals surface area contributed by atoms with E-state index in [0.717, 1.165) is 81.6 Å². The average molecular weight is 787 g/mol. The monoisotopic (exact) mass is 786 g/mol. The zero-order valence-electron chi connectivity index (χ0n) is 32.9. The van der Waals surface area contributed by atoms with E-state index in [9.17, 15) is 19.2 Å². The molecule has 2 aromatic carbocycles. The van der Waals surface area contributed by atoms with Gasteiger partial charge in [-0.1, -0.05) is 23.4 Å². The van der Waals surface area contributed by atoms with Crippen molar-refractivity contribution in [2.24, 2.45) is 23.5 Å². The lowest BCUT2D eigenvalue weighted by atomic mass is 9.92. The number of amides is 5. The van der Waals surface area contributed by atoms with Crippen molar-refractivity contribution in [2.45, 2.75) is 69.2 Å². The lowest BCUT2D eigenvalue weighted by Gasteiger charge is -2.37. The number of carbonyl (C=O) groups excluding carboxylic acids is 4. The van der Waals surface area contributed by atoms with Crippen LogP contribution in [-0.2, 0) is 22.4 Å². The number of urea groups is 1. The van der Waals surface area contributed by atoms with E-state index in [1.165, 1.54) is 29.5 Å². The second-order valence-corrected chi connectivity index (χ2v) is 17.5. The molecule has 2 aliphatic carbocycles. The van der Waals surface area contributed by atoms with E-state index in [-0.39, 0.29) is 29.6 Å². The summed E-state index contributed by atoms with van der Waals surface area (Å²) in [6, 6.07) is 12.9. The van der Waals surface area contributed by atoms with E-state index < -0.39 is 11.8 Å². The number of likely N-dealkylation sites (N-methyl/N-ethyl adjacent to an activating group) is 1.